The maximum atomic E-state index is 12.8. The molecule has 0 aromatic carbocycles. The van der Waals surface area contributed by atoms with E-state index in [-0.39, 0.29) is 24.3 Å². The summed E-state index contributed by atoms with van der Waals surface area (Å²) in [5.74, 6) is 0.438. The monoisotopic (exact) mass is 449 g/mol. The van der Waals surface area contributed by atoms with E-state index in [1.165, 1.54) is 16.8 Å². The predicted octanol–water partition coefficient (Wildman–Crippen LogP) is 3.28. The van der Waals surface area contributed by atoms with Gasteiger partial charge in [-0.15, -0.1) is 0 Å². The van der Waals surface area contributed by atoms with Gasteiger partial charge in [-0.05, 0) is 32.9 Å². The zero-order valence-electron chi connectivity index (χ0n) is 17.8. The van der Waals surface area contributed by atoms with Crippen LogP contribution in [0.3, 0.4) is 0 Å². The number of pyridine rings is 1. The van der Waals surface area contributed by atoms with Crippen LogP contribution in [0.25, 0.3) is 11.3 Å². The molecule has 1 aliphatic heterocycles. The van der Waals surface area contributed by atoms with Gasteiger partial charge in [-0.1, -0.05) is 5.16 Å². The van der Waals surface area contributed by atoms with E-state index in [2.05, 4.69) is 20.1 Å². The van der Waals surface area contributed by atoms with Gasteiger partial charge in [0.05, 0.1) is 30.6 Å². The SMILES string of the molecule is Cc1onc(-c2ccc(C(F)(F)F)nc2)c1Cn1ncc(N2C[C@@H](C)O[C@@H](C)C2)cc1=O. The molecule has 170 valence electrons. The van der Waals surface area contributed by atoms with Crippen molar-refractivity contribution in [2.75, 3.05) is 18.0 Å². The minimum Gasteiger partial charge on any atom is -0.372 e. The van der Waals surface area contributed by atoms with Crippen molar-refractivity contribution in [1.29, 1.82) is 0 Å². The molecule has 4 rings (SSSR count). The van der Waals surface area contributed by atoms with Gasteiger partial charge in [-0.2, -0.15) is 18.3 Å². The number of alkyl halides is 3. The van der Waals surface area contributed by atoms with E-state index in [0.717, 1.165) is 12.3 Å². The molecule has 1 fully saturated rings. The highest BCUT2D eigenvalue weighted by atomic mass is 19.4. The molecule has 0 bridgehead atoms. The number of nitrogens with zero attached hydrogens (tertiary/aromatic N) is 5. The molecule has 2 atom stereocenters. The molecular weight excluding hydrogens is 427 g/mol. The molecule has 0 spiro atoms. The van der Waals surface area contributed by atoms with Crippen LogP contribution in [0.2, 0.25) is 0 Å². The highest BCUT2D eigenvalue weighted by molar-refractivity contribution is 5.62. The zero-order chi connectivity index (χ0) is 23.0. The van der Waals surface area contributed by atoms with Crippen LogP contribution in [0.1, 0.15) is 30.9 Å². The molecule has 0 amide bonds. The van der Waals surface area contributed by atoms with E-state index in [9.17, 15) is 18.0 Å². The molecule has 0 aliphatic carbocycles. The Balaban J connectivity index is 1.59. The first kappa shape index (κ1) is 22.0. The molecular formula is C21H22F3N5O3. The lowest BCUT2D eigenvalue weighted by Crippen LogP contribution is -2.46. The maximum absolute atomic E-state index is 12.8. The summed E-state index contributed by atoms with van der Waals surface area (Å²) < 4.78 is 50.6. The summed E-state index contributed by atoms with van der Waals surface area (Å²) >= 11 is 0. The Labute approximate surface area is 181 Å². The quantitative estimate of drug-likeness (QED) is 0.604. The van der Waals surface area contributed by atoms with Crippen LogP contribution >= 0.6 is 0 Å². The van der Waals surface area contributed by atoms with Crippen molar-refractivity contribution < 1.29 is 22.4 Å². The number of anilines is 1. The fourth-order valence-corrected chi connectivity index (χ4v) is 3.76. The highest BCUT2D eigenvalue weighted by Crippen LogP contribution is 2.30. The van der Waals surface area contributed by atoms with Crippen molar-refractivity contribution in [2.45, 2.75) is 45.7 Å². The third kappa shape index (κ3) is 4.52. The number of rotatable bonds is 4. The summed E-state index contributed by atoms with van der Waals surface area (Å²) in [7, 11) is 0. The molecule has 0 radical (unpaired) electrons. The normalized spacial score (nSPS) is 19.4. The fourth-order valence-electron chi connectivity index (χ4n) is 3.76. The van der Waals surface area contributed by atoms with Crippen molar-refractivity contribution >= 4 is 5.69 Å². The van der Waals surface area contributed by atoms with Crippen LogP contribution in [0, 0.1) is 6.92 Å². The lowest BCUT2D eigenvalue weighted by atomic mass is 10.1. The summed E-state index contributed by atoms with van der Waals surface area (Å²) in [6, 6.07) is 3.67. The Bertz CT molecular complexity index is 1150. The molecule has 1 aliphatic rings. The van der Waals surface area contributed by atoms with Gasteiger partial charge in [-0.25, -0.2) is 4.68 Å². The van der Waals surface area contributed by atoms with Gasteiger partial charge < -0.3 is 14.2 Å². The number of hydrogen-bond donors (Lipinski definition) is 0. The standard InChI is InChI=1S/C21H22F3N5O3/c1-12-9-28(10-13(2)31-12)16-6-19(30)29(26-8-16)11-17-14(3)32-27-20(17)15-4-5-18(25-7-15)21(22,23)24/h4-8,12-13H,9-11H2,1-3H3/t12-,13+. The van der Waals surface area contributed by atoms with Gasteiger partial charge in [0.1, 0.15) is 17.1 Å². The van der Waals surface area contributed by atoms with Crippen LogP contribution in [0.5, 0.6) is 0 Å². The van der Waals surface area contributed by atoms with Crippen LogP contribution in [-0.4, -0.2) is 45.2 Å². The van der Waals surface area contributed by atoms with Crippen LogP contribution in [0.4, 0.5) is 18.9 Å². The van der Waals surface area contributed by atoms with Gasteiger partial charge in [0, 0.05) is 36.5 Å². The van der Waals surface area contributed by atoms with E-state index in [1.54, 1.807) is 13.1 Å². The topological polar surface area (TPSA) is 86.3 Å². The van der Waals surface area contributed by atoms with Crippen molar-refractivity contribution in [1.82, 2.24) is 19.9 Å². The zero-order valence-corrected chi connectivity index (χ0v) is 17.8. The van der Waals surface area contributed by atoms with Crippen LogP contribution in [-0.2, 0) is 17.5 Å². The maximum Gasteiger partial charge on any atom is 0.433 e. The Morgan fingerprint density at radius 2 is 1.88 bits per heavy atom. The number of hydrogen-bond acceptors (Lipinski definition) is 7. The summed E-state index contributed by atoms with van der Waals surface area (Å²) in [5.41, 5.74) is 0.614. The Morgan fingerprint density at radius 1 is 1.16 bits per heavy atom. The van der Waals surface area contributed by atoms with Gasteiger partial charge in [0.15, 0.2) is 0 Å². The van der Waals surface area contributed by atoms with Gasteiger partial charge in [-0.3, -0.25) is 9.78 Å². The number of halogens is 3. The minimum atomic E-state index is -4.53. The largest absolute Gasteiger partial charge is 0.433 e. The second-order valence-electron chi connectivity index (χ2n) is 7.87. The van der Waals surface area contributed by atoms with Crippen LogP contribution in [0.15, 0.2) is 39.9 Å². The molecule has 32 heavy (non-hydrogen) atoms. The van der Waals surface area contributed by atoms with Gasteiger partial charge in [0.2, 0.25) is 0 Å². The summed E-state index contributed by atoms with van der Waals surface area (Å²) in [5, 5.41) is 8.24. The summed E-state index contributed by atoms with van der Waals surface area (Å²) in [6.45, 7) is 6.99. The molecule has 3 aromatic rings. The smallest absolute Gasteiger partial charge is 0.372 e. The van der Waals surface area contributed by atoms with Crippen molar-refractivity contribution in [3.63, 3.8) is 0 Å². The molecule has 0 saturated carbocycles. The minimum absolute atomic E-state index is 0.0423. The van der Waals surface area contributed by atoms with Gasteiger partial charge in [0.25, 0.3) is 5.56 Å². The van der Waals surface area contributed by atoms with E-state index in [0.29, 0.717) is 41.4 Å². The molecule has 0 N–H and O–H groups in total. The summed E-state index contributed by atoms with van der Waals surface area (Å²) in [6.07, 6.45) is -1.74. The fraction of sp³-hybridized carbons (Fsp3) is 0.429. The third-order valence-corrected chi connectivity index (χ3v) is 5.26. The van der Waals surface area contributed by atoms with Gasteiger partial charge >= 0.3 is 6.18 Å². The lowest BCUT2D eigenvalue weighted by molar-refractivity contribution is -0.141. The van der Waals surface area contributed by atoms with Crippen molar-refractivity contribution in [3.05, 3.63) is 58.0 Å². The van der Waals surface area contributed by atoms with E-state index >= 15 is 0 Å². The predicted molar refractivity (Wildman–Crippen MR) is 109 cm³/mol. The second-order valence-corrected chi connectivity index (χ2v) is 7.87. The average molecular weight is 449 g/mol. The third-order valence-electron chi connectivity index (χ3n) is 5.26. The second kappa shape index (κ2) is 8.38. The number of aryl methyl sites for hydroxylation is 1. The van der Waals surface area contributed by atoms with Crippen molar-refractivity contribution in [2.24, 2.45) is 0 Å². The molecule has 4 heterocycles. The Morgan fingerprint density at radius 3 is 2.47 bits per heavy atom. The van der Waals surface area contributed by atoms with E-state index in [4.69, 9.17) is 9.26 Å². The molecule has 1 saturated heterocycles. The first-order valence-electron chi connectivity index (χ1n) is 10.1. The van der Waals surface area contributed by atoms with E-state index in [1.807, 2.05) is 13.8 Å². The first-order valence-corrected chi connectivity index (χ1v) is 10.1. The number of morpholine rings is 1. The summed E-state index contributed by atoms with van der Waals surface area (Å²) in [4.78, 5) is 18.3. The Kier molecular flexibility index (Phi) is 5.76. The average Bonchev–Trinajstić information content (AvgIpc) is 3.08. The molecule has 8 nitrogen and oxygen atoms in total. The first-order chi connectivity index (χ1) is 15.1. The number of aromatic nitrogens is 4. The molecule has 0 unspecified atom stereocenters. The van der Waals surface area contributed by atoms with Crippen LogP contribution < -0.4 is 10.5 Å². The highest BCUT2D eigenvalue weighted by Gasteiger charge is 2.32. The van der Waals surface area contributed by atoms with E-state index < -0.39 is 11.9 Å². The van der Waals surface area contributed by atoms with Crippen molar-refractivity contribution in [3.8, 4) is 11.3 Å². The number of ether oxygens (including phenoxy) is 1. The molecule has 3 aromatic heterocycles. The lowest BCUT2D eigenvalue weighted by Gasteiger charge is -2.36. The Hall–Kier alpha value is -3.21. The molecule has 11 heteroatoms.